The third-order valence-corrected chi connectivity index (χ3v) is 2.83. The van der Waals surface area contributed by atoms with Crippen LogP contribution in [0.4, 0.5) is 5.69 Å². The molecule has 0 spiro atoms. The molecule has 0 atom stereocenters. The molecule has 1 aliphatic heterocycles. The van der Waals surface area contributed by atoms with E-state index in [-0.39, 0.29) is 41.0 Å². The normalized spacial score (nSPS) is 16.1. The van der Waals surface area contributed by atoms with Crippen LogP contribution >= 0.6 is 0 Å². The molecule has 1 aromatic carbocycles. The molecule has 1 aromatic rings. The summed E-state index contributed by atoms with van der Waals surface area (Å²) in [6.07, 6.45) is 1.41. The molecule has 20 heavy (non-hydrogen) atoms. The Labute approximate surface area is 140 Å². The summed E-state index contributed by atoms with van der Waals surface area (Å²) in [6, 6.07) is 7.46. The first-order valence-corrected chi connectivity index (χ1v) is 6.18. The van der Waals surface area contributed by atoms with Gasteiger partial charge in [-0.25, -0.2) is 0 Å². The molecule has 2 rings (SSSR count). The van der Waals surface area contributed by atoms with E-state index in [1.807, 2.05) is 12.1 Å². The number of benzene rings is 1. The van der Waals surface area contributed by atoms with Gasteiger partial charge in [-0.05, 0) is 31.0 Å². The van der Waals surface area contributed by atoms with Crippen molar-refractivity contribution in [2.45, 2.75) is 20.3 Å². The number of rotatable bonds is 3. The fourth-order valence-corrected chi connectivity index (χ4v) is 1.79. The smallest absolute Gasteiger partial charge is 0.877 e. The van der Waals surface area contributed by atoms with Gasteiger partial charge in [-0.15, -0.1) is 11.4 Å². The van der Waals surface area contributed by atoms with Crippen LogP contribution < -0.4 is 39.7 Å². The second kappa shape index (κ2) is 7.47. The minimum absolute atomic E-state index is 0. The van der Waals surface area contributed by atoms with E-state index in [2.05, 4.69) is 12.0 Å². The van der Waals surface area contributed by atoms with E-state index in [9.17, 15) is 9.90 Å². The van der Waals surface area contributed by atoms with E-state index in [1.165, 1.54) is 10.6 Å². The van der Waals surface area contributed by atoms with Gasteiger partial charge in [-0.2, -0.15) is 5.01 Å². The molecule has 0 unspecified atom stereocenters. The average molecular weight is 282 g/mol. The van der Waals surface area contributed by atoms with Crippen LogP contribution in [0.15, 0.2) is 41.2 Å². The zero-order valence-corrected chi connectivity index (χ0v) is 13.9. The topological polar surface area (TPSA) is 65.0 Å². The molecular weight excluding hydrogens is 267 g/mol. The first-order chi connectivity index (χ1) is 9.21. The number of aryl methyl sites for hydroxylation is 1. The van der Waals surface area contributed by atoms with Gasteiger partial charge >= 0.3 is 29.6 Å². The minimum Gasteiger partial charge on any atom is -0.877 e. The third-order valence-electron chi connectivity index (χ3n) is 2.83. The van der Waals surface area contributed by atoms with Gasteiger partial charge in [0.15, 0.2) is 0 Å². The molecule has 6 heteroatoms. The average Bonchev–Trinajstić information content (AvgIpc) is 2.75. The SMILES string of the molecule is CCOC1=NN(c2ccc(CC)cc2)C(=O)/C1=C\[O-].[Na+]. The molecule has 0 saturated heterocycles. The maximum atomic E-state index is 12.0. The number of anilines is 1. The Morgan fingerprint density at radius 1 is 1.30 bits per heavy atom. The zero-order valence-electron chi connectivity index (χ0n) is 11.9. The van der Waals surface area contributed by atoms with E-state index < -0.39 is 5.91 Å². The fraction of sp³-hybridized carbons (Fsp3) is 0.286. The number of hydrogen-bond acceptors (Lipinski definition) is 4. The van der Waals surface area contributed by atoms with Crippen LogP contribution in [-0.2, 0) is 16.0 Å². The second-order valence-electron chi connectivity index (χ2n) is 4.01. The molecular formula is C14H15N2NaO3. The Hall–Kier alpha value is -1.30. The van der Waals surface area contributed by atoms with Crippen LogP contribution in [0.2, 0.25) is 0 Å². The van der Waals surface area contributed by atoms with E-state index in [0.29, 0.717) is 18.6 Å². The molecule has 0 saturated carbocycles. The van der Waals surface area contributed by atoms with Gasteiger partial charge < -0.3 is 9.84 Å². The number of carbonyl (C=O) groups is 1. The predicted molar refractivity (Wildman–Crippen MR) is 70.5 cm³/mol. The number of hydrazone groups is 1. The van der Waals surface area contributed by atoms with E-state index in [4.69, 9.17) is 4.74 Å². The van der Waals surface area contributed by atoms with Crippen molar-refractivity contribution >= 4 is 17.5 Å². The first kappa shape index (κ1) is 16.8. The summed E-state index contributed by atoms with van der Waals surface area (Å²) in [7, 11) is 0. The summed E-state index contributed by atoms with van der Waals surface area (Å²) >= 11 is 0. The monoisotopic (exact) mass is 282 g/mol. The van der Waals surface area contributed by atoms with Crippen LogP contribution in [0.3, 0.4) is 0 Å². The van der Waals surface area contributed by atoms with Crippen LogP contribution in [0.25, 0.3) is 0 Å². The van der Waals surface area contributed by atoms with Crippen molar-refractivity contribution in [3.8, 4) is 0 Å². The Morgan fingerprint density at radius 3 is 2.45 bits per heavy atom. The van der Waals surface area contributed by atoms with Gasteiger partial charge in [0.05, 0.1) is 17.9 Å². The molecule has 100 valence electrons. The molecule has 0 fully saturated rings. The number of amides is 1. The Morgan fingerprint density at radius 2 is 1.95 bits per heavy atom. The molecule has 0 aliphatic carbocycles. The predicted octanol–water partition coefficient (Wildman–Crippen LogP) is -1.81. The molecule has 0 radical (unpaired) electrons. The Bertz CT molecular complexity index is 538. The quantitative estimate of drug-likeness (QED) is 0.373. The van der Waals surface area contributed by atoms with Crippen molar-refractivity contribution in [1.82, 2.24) is 0 Å². The molecule has 0 bridgehead atoms. The fourth-order valence-electron chi connectivity index (χ4n) is 1.79. The van der Waals surface area contributed by atoms with Crippen molar-refractivity contribution in [1.29, 1.82) is 0 Å². The van der Waals surface area contributed by atoms with Crippen molar-refractivity contribution < 1.29 is 44.2 Å². The van der Waals surface area contributed by atoms with Crippen molar-refractivity contribution in [3.05, 3.63) is 41.7 Å². The molecule has 0 aromatic heterocycles. The Balaban J connectivity index is 0.00000200. The summed E-state index contributed by atoms with van der Waals surface area (Å²) in [4.78, 5) is 12.0. The van der Waals surface area contributed by atoms with Gasteiger partial charge in [0.25, 0.3) is 5.91 Å². The number of hydrogen-bond donors (Lipinski definition) is 0. The summed E-state index contributed by atoms with van der Waals surface area (Å²) < 4.78 is 5.19. The largest absolute Gasteiger partial charge is 1.00 e. The van der Waals surface area contributed by atoms with Crippen molar-refractivity contribution in [3.63, 3.8) is 0 Å². The standard InChI is InChI=1S/C14H16N2O3.Na/c1-3-10-5-7-11(8-6-10)16-14(18)12(9-17)13(15-16)19-4-2;/h5-9,17H,3-4H2,1-2H3;/q;+1/p-1/b12-9-;. The van der Waals surface area contributed by atoms with Crippen LogP contribution in [-0.4, -0.2) is 18.4 Å². The first-order valence-electron chi connectivity index (χ1n) is 6.18. The maximum Gasteiger partial charge on any atom is 1.00 e. The van der Waals surface area contributed by atoms with Crippen LogP contribution in [0, 0.1) is 0 Å². The van der Waals surface area contributed by atoms with Crippen LogP contribution in [0.5, 0.6) is 0 Å². The van der Waals surface area contributed by atoms with Crippen molar-refractivity contribution in [2.24, 2.45) is 5.10 Å². The molecule has 5 nitrogen and oxygen atoms in total. The zero-order chi connectivity index (χ0) is 13.8. The summed E-state index contributed by atoms with van der Waals surface area (Å²) in [6.45, 7) is 4.18. The van der Waals surface area contributed by atoms with Crippen LogP contribution in [0.1, 0.15) is 19.4 Å². The minimum atomic E-state index is -0.456. The molecule has 1 aliphatic rings. The van der Waals surface area contributed by atoms with Gasteiger partial charge in [0.2, 0.25) is 5.90 Å². The van der Waals surface area contributed by atoms with Gasteiger partial charge in [0, 0.05) is 0 Å². The summed E-state index contributed by atoms with van der Waals surface area (Å²) in [5.41, 5.74) is 1.75. The van der Waals surface area contributed by atoms with Crippen molar-refractivity contribution in [2.75, 3.05) is 11.6 Å². The maximum absolute atomic E-state index is 12.0. The number of ether oxygens (including phenoxy) is 1. The number of nitrogens with zero attached hydrogens (tertiary/aromatic N) is 2. The molecule has 1 heterocycles. The molecule has 0 N–H and O–H groups in total. The number of carbonyl (C=O) groups excluding carboxylic acids is 1. The summed E-state index contributed by atoms with van der Waals surface area (Å²) in [5, 5.41) is 16.2. The van der Waals surface area contributed by atoms with Gasteiger partial charge in [-0.3, -0.25) is 4.79 Å². The summed E-state index contributed by atoms with van der Waals surface area (Å²) in [5.74, 6) is -0.371. The molecule has 1 amide bonds. The Kier molecular flexibility index (Phi) is 6.26. The second-order valence-corrected chi connectivity index (χ2v) is 4.01. The third kappa shape index (κ3) is 3.23. The van der Waals surface area contributed by atoms with E-state index >= 15 is 0 Å². The van der Waals surface area contributed by atoms with E-state index in [0.717, 1.165) is 6.42 Å². The van der Waals surface area contributed by atoms with Gasteiger partial charge in [0.1, 0.15) is 0 Å². The van der Waals surface area contributed by atoms with Gasteiger partial charge in [-0.1, -0.05) is 19.1 Å². The van der Waals surface area contributed by atoms with E-state index in [1.54, 1.807) is 19.1 Å².